The van der Waals surface area contributed by atoms with Crippen LogP contribution in [0.25, 0.3) is 10.8 Å². The van der Waals surface area contributed by atoms with Gasteiger partial charge >= 0.3 is 0 Å². The van der Waals surface area contributed by atoms with Crippen molar-refractivity contribution in [1.29, 1.82) is 0 Å². The van der Waals surface area contributed by atoms with Gasteiger partial charge in [0.15, 0.2) is 6.61 Å². The number of carbonyl (C=O) groups is 1. The number of carbonyl (C=O) groups excluding carboxylic acids is 1. The summed E-state index contributed by atoms with van der Waals surface area (Å²) >= 11 is 3.47. The number of piperidine rings is 1. The molecule has 2 bridgehead atoms. The molecule has 4 nitrogen and oxygen atoms in total. The van der Waals surface area contributed by atoms with Crippen LogP contribution in [-0.2, 0) is 4.79 Å². The summed E-state index contributed by atoms with van der Waals surface area (Å²) in [5.41, 5.74) is 0. The number of amides is 1. The minimum absolute atomic E-state index is 0.0304. The Balaban J connectivity index is 1.33. The van der Waals surface area contributed by atoms with Crippen LogP contribution in [0, 0.1) is 0 Å². The van der Waals surface area contributed by atoms with E-state index in [9.17, 15) is 4.79 Å². The number of nitrogens with one attached hydrogen (secondary N) is 2. The Bertz CT molecular complexity index is 752. The summed E-state index contributed by atoms with van der Waals surface area (Å²) in [6, 6.07) is 13.4. The van der Waals surface area contributed by atoms with E-state index in [1.54, 1.807) is 0 Å². The van der Waals surface area contributed by atoms with Gasteiger partial charge in [0, 0.05) is 22.6 Å². The van der Waals surface area contributed by atoms with Gasteiger partial charge in [-0.15, -0.1) is 0 Å². The molecule has 2 atom stereocenters. The lowest BCUT2D eigenvalue weighted by Crippen LogP contribution is -2.48. The van der Waals surface area contributed by atoms with Crippen LogP contribution in [0.4, 0.5) is 0 Å². The molecule has 2 aromatic carbocycles. The van der Waals surface area contributed by atoms with Crippen molar-refractivity contribution in [3.05, 3.63) is 40.9 Å². The largest absolute Gasteiger partial charge is 0.484 e. The van der Waals surface area contributed by atoms with Crippen LogP contribution >= 0.6 is 15.9 Å². The molecule has 0 spiro atoms. The van der Waals surface area contributed by atoms with Gasteiger partial charge < -0.3 is 15.4 Å². The maximum absolute atomic E-state index is 12.2. The van der Waals surface area contributed by atoms with Gasteiger partial charge in [0.2, 0.25) is 0 Å². The van der Waals surface area contributed by atoms with Crippen molar-refractivity contribution in [3.63, 3.8) is 0 Å². The number of fused-ring (bicyclic) bond motifs is 3. The molecule has 0 saturated carbocycles. The minimum Gasteiger partial charge on any atom is -0.484 e. The Hall–Kier alpha value is -1.59. The Labute approximate surface area is 150 Å². The van der Waals surface area contributed by atoms with Crippen LogP contribution in [0.1, 0.15) is 25.7 Å². The summed E-state index contributed by atoms with van der Waals surface area (Å²) in [6.07, 6.45) is 4.54. The van der Waals surface area contributed by atoms with Crippen LogP contribution in [0.5, 0.6) is 5.75 Å². The second-order valence-electron chi connectivity index (χ2n) is 6.82. The molecule has 126 valence electrons. The van der Waals surface area contributed by atoms with Crippen molar-refractivity contribution in [1.82, 2.24) is 10.6 Å². The molecule has 2 saturated heterocycles. The Morgan fingerprint density at radius 1 is 1.12 bits per heavy atom. The molecule has 1 amide bonds. The highest BCUT2D eigenvalue weighted by atomic mass is 79.9. The van der Waals surface area contributed by atoms with Gasteiger partial charge in [-0.25, -0.2) is 0 Å². The van der Waals surface area contributed by atoms with Crippen molar-refractivity contribution in [2.75, 3.05) is 6.61 Å². The number of rotatable bonds is 4. The monoisotopic (exact) mass is 388 g/mol. The van der Waals surface area contributed by atoms with E-state index >= 15 is 0 Å². The summed E-state index contributed by atoms with van der Waals surface area (Å²) in [6.45, 7) is 0.0707. The van der Waals surface area contributed by atoms with E-state index in [0.29, 0.717) is 12.1 Å². The molecule has 0 radical (unpaired) electrons. The number of hydrogen-bond acceptors (Lipinski definition) is 3. The lowest BCUT2D eigenvalue weighted by molar-refractivity contribution is -0.124. The second-order valence-corrected chi connectivity index (χ2v) is 7.73. The van der Waals surface area contributed by atoms with E-state index in [1.807, 2.05) is 30.3 Å². The van der Waals surface area contributed by atoms with E-state index in [2.05, 4.69) is 32.6 Å². The Kier molecular flexibility index (Phi) is 4.46. The lowest BCUT2D eigenvalue weighted by Gasteiger charge is -2.29. The van der Waals surface area contributed by atoms with Gasteiger partial charge in [0.1, 0.15) is 5.75 Å². The molecule has 5 heteroatoms. The minimum atomic E-state index is -0.0304. The summed E-state index contributed by atoms with van der Waals surface area (Å²) < 4.78 is 6.73. The molecule has 2 unspecified atom stereocenters. The molecule has 0 aromatic heterocycles. The maximum atomic E-state index is 12.2. The van der Waals surface area contributed by atoms with Gasteiger partial charge in [-0.3, -0.25) is 4.79 Å². The smallest absolute Gasteiger partial charge is 0.258 e. The number of ether oxygens (including phenoxy) is 1. The van der Waals surface area contributed by atoms with E-state index in [4.69, 9.17) is 4.74 Å². The quantitative estimate of drug-likeness (QED) is 0.843. The molecular formula is C19H21BrN2O2. The number of hydrogen-bond donors (Lipinski definition) is 2. The molecule has 4 rings (SSSR count). The highest BCUT2D eigenvalue weighted by Gasteiger charge is 2.33. The highest BCUT2D eigenvalue weighted by Crippen LogP contribution is 2.27. The summed E-state index contributed by atoms with van der Waals surface area (Å²) in [5, 5.41) is 8.96. The predicted molar refractivity (Wildman–Crippen MR) is 98.3 cm³/mol. The topological polar surface area (TPSA) is 50.4 Å². The van der Waals surface area contributed by atoms with E-state index in [0.717, 1.165) is 33.8 Å². The number of benzene rings is 2. The average molecular weight is 389 g/mol. The fraction of sp³-hybridized carbons (Fsp3) is 0.421. The molecule has 2 fully saturated rings. The third-order valence-electron chi connectivity index (χ3n) is 4.98. The molecule has 2 aromatic rings. The fourth-order valence-corrected chi connectivity index (χ4v) is 4.26. The first-order valence-corrected chi connectivity index (χ1v) is 9.32. The van der Waals surface area contributed by atoms with E-state index in [1.165, 1.54) is 12.8 Å². The van der Waals surface area contributed by atoms with Crippen molar-refractivity contribution in [2.45, 2.75) is 43.8 Å². The number of halogens is 1. The van der Waals surface area contributed by atoms with Crippen LogP contribution in [-0.4, -0.2) is 30.6 Å². The van der Waals surface area contributed by atoms with Crippen LogP contribution in [0.3, 0.4) is 0 Å². The van der Waals surface area contributed by atoms with Gasteiger partial charge in [-0.05, 0) is 60.7 Å². The first-order chi connectivity index (χ1) is 11.7. The van der Waals surface area contributed by atoms with E-state index in [-0.39, 0.29) is 18.6 Å². The average Bonchev–Trinajstić information content (AvgIpc) is 2.91. The predicted octanol–water partition coefficient (Wildman–Crippen LogP) is 3.38. The normalized spacial score (nSPS) is 25.6. The molecule has 0 aliphatic carbocycles. The summed E-state index contributed by atoms with van der Waals surface area (Å²) in [5.74, 6) is 0.697. The zero-order valence-corrected chi connectivity index (χ0v) is 15.0. The van der Waals surface area contributed by atoms with Gasteiger partial charge in [-0.1, -0.05) is 28.1 Å². The summed E-state index contributed by atoms with van der Waals surface area (Å²) in [7, 11) is 0. The zero-order chi connectivity index (χ0) is 16.5. The first kappa shape index (κ1) is 15.9. The van der Waals surface area contributed by atoms with Crippen molar-refractivity contribution in [3.8, 4) is 5.75 Å². The van der Waals surface area contributed by atoms with Crippen LogP contribution < -0.4 is 15.4 Å². The highest BCUT2D eigenvalue weighted by molar-refractivity contribution is 9.10. The first-order valence-electron chi connectivity index (χ1n) is 8.53. The van der Waals surface area contributed by atoms with Crippen LogP contribution in [0.15, 0.2) is 40.9 Å². The maximum Gasteiger partial charge on any atom is 0.258 e. The molecule has 2 N–H and O–H groups in total. The van der Waals surface area contributed by atoms with Crippen molar-refractivity contribution in [2.24, 2.45) is 0 Å². The Morgan fingerprint density at radius 2 is 1.83 bits per heavy atom. The Morgan fingerprint density at radius 3 is 2.62 bits per heavy atom. The van der Waals surface area contributed by atoms with E-state index < -0.39 is 0 Å². The van der Waals surface area contributed by atoms with Crippen molar-refractivity contribution >= 4 is 32.6 Å². The molecular weight excluding hydrogens is 368 g/mol. The van der Waals surface area contributed by atoms with Crippen LogP contribution in [0.2, 0.25) is 0 Å². The zero-order valence-electron chi connectivity index (χ0n) is 13.4. The molecule has 2 aliphatic rings. The molecule has 24 heavy (non-hydrogen) atoms. The molecule has 2 aliphatic heterocycles. The van der Waals surface area contributed by atoms with Gasteiger partial charge in [-0.2, -0.15) is 0 Å². The fourth-order valence-electron chi connectivity index (χ4n) is 3.88. The standard InChI is InChI=1S/C19H21BrN2O2/c20-14-3-1-13-8-18(6-2-12(13)7-14)24-11-19(23)22-17-9-15-4-5-16(10-17)21-15/h1-3,6-8,15-17,21H,4-5,9-11H2,(H,22,23). The second kappa shape index (κ2) is 6.73. The molecule has 2 heterocycles. The van der Waals surface area contributed by atoms with Gasteiger partial charge in [0.05, 0.1) is 0 Å². The van der Waals surface area contributed by atoms with Crippen molar-refractivity contribution < 1.29 is 9.53 Å². The lowest BCUT2D eigenvalue weighted by atomic mass is 10.00. The SMILES string of the molecule is O=C(COc1ccc2cc(Br)ccc2c1)NC1CC2CCC(C1)N2. The summed E-state index contributed by atoms with van der Waals surface area (Å²) in [4.78, 5) is 12.2. The third-order valence-corrected chi connectivity index (χ3v) is 5.48. The third kappa shape index (κ3) is 3.57. The van der Waals surface area contributed by atoms with Gasteiger partial charge in [0.25, 0.3) is 5.91 Å².